The molecule has 172 valence electrons. The van der Waals surface area contributed by atoms with E-state index in [-0.39, 0.29) is 12.2 Å². The van der Waals surface area contributed by atoms with Gasteiger partial charge in [0.25, 0.3) is 0 Å². The third-order valence-corrected chi connectivity index (χ3v) is 4.71. The summed E-state index contributed by atoms with van der Waals surface area (Å²) in [7, 11) is 0. The summed E-state index contributed by atoms with van der Waals surface area (Å²) in [5, 5.41) is 23.1. The SMILES string of the molecule is CC(C)(C)O.Cc1nc2cc(-c3cccc(Cl)c3)nn2c(-c2ccc(F)cc2)c1CC(=O)O. The number of aromatic nitrogens is 3. The van der Waals surface area contributed by atoms with Crippen LogP contribution < -0.4 is 0 Å². The summed E-state index contributed by atoms with van der Waals surface area (Å²) in [5.74, 6) is -1.35. The number of nitrogens with zero attached hydrogens (tertiary/aromatic N) is 3. The molecule has 2 aromatic heterocycles. The third kappa shape index (κ3) is 6.37. The summed E-state index contributed by atoms with van der Waals surface area (Å²) in [6.45, 7) is 6.99. The van der Waals surface area contributed by atoms with E-state index in [9.17, 15) is 14.3 Å². The molecule has 0 amide bonds. The van der Waals surface area contributed by atoms with Crippen LogP contribution in [-0.2, 0) is 11.2 Å². The molecule has 0 saturated heterocycles. The average molecular weight is 470 g/mol. The van der Waals surface area contributed by atoms with E-state index in [1.807, 2.05) is 18.2 Å². The maximum absolute atomic E-state index is 13.4. The van der Waals surface area contributed by atoms with Crippen molar-refractivity contribution in [3.05, 3.63) is 76.7 Å². The van der Waals surface area contributed by atoms with Crippen LogP contribution in [0.4, 0.5) is 4.39 Å². The second kappa shape index (κ2) is 9.68. The number of aliphatic hydroxyl groups is 1. The Balaban J connectivity index is 0.000000555. The van der Waals surface area contributed by atoms with Crippen molar-refractivity contribution < 1.29 is 19.4 Å². The molecule has 4 rings (SSSR count). The van der Waals surface area contributed by atoms with Gasteiger partial charge in [-0.3, -0.25) is 4.79 Å². The van der Waals surface area contributed by atoms with Crippen molar-refractivity contribution >= 4 is 23.2 Å². The first-order chi connectivity index (χ1) is 15.4. The number of carboxylic acid groups (broad SMARTS) is 1. The molecule has 0 aliphatic rings. The second-order valence-electron chi connectivity index (χ2n) is 8.58. The number of aliphatic carboxylic acids is 1. The molecule has 0 aliphatic carbocycles. The first kappa shape index (κ1) is 24.4. The van der Waals surface area contributed by atoms with Gasteiger partial charge < -0.3 is 10.2 Å². The van der Waals surface area contributed by atoms with Crippen LogP contribution in [0.5, 0.6) is 0 Å². The zero-order valence-corrected chi connectivity index (χ0v) is 19.6. The van der Waals surface area contributed by atoms with Gasteiger partial charge >= 0.3 is 5.97 Å². The van der Waals surface area contributed by atoms with Crippen LogP contribution in [0.3, 0.4) is 0 Å². The number of benzene rings is 2. The van der Waals surface area contributed by atoms with Gasteiger partial charge in [0.2, 0.25) is 0 Å². The van der Waals surface area contributed by atoms with Gasteiger partial charge in [-0.2, -0.15) is 5.10 Å². The minimum absolute atomic E-state index is 0.214. The van der Waals surface area contributed by atoms with Crippen LogP contribution in [-0.4, -0.2) is 36.4 Å². The van der Waals surface area contributed by atoms with Crippen molar-refractivity contribution in [3.63, 3.8) is 0 Å². The standard InChI is InChI=1S/C21H15ClFN3O2.C4H10O/c1-12-17(10-20(27)28)21(13-5-7-16(23)8-6-13)26-19(24-12)11-18(25-26)14-3-2-4-15(22)9-14;1-4(2,3)5/h2-9,11H,10H2,1H3,(H,27,28);5H,1-3H3. The predicted octanol–water partition coefficient (Wildman–Crippen LogP) is 5.57. The van der Waals surface area contributed by atoms with E-state index in [1.54, 1.807) is 56.5 Å². The molecule has 33 heavy (non-hydrogen) atoms. The number of aryl methyl sites for hydroxylation is 1. The van der Waals surface area contributed by atoms with Crippen molar-refractivity contribution in [1.29, 1.82) is 0 Å². The number of halogens is 2. The van der Waals surface area contributed by atoms with E-state index in [0.29, 0.717) is 38.9 Å². The summed E-state index contributed by atoms with van der Waals surface area (Å²) < 4.78 is 15.0. The van der Waals surface area contributed by atoms with E-state index in [2.05, 4.69) is 10.1 Å². The number of hydrogen-bond donors (Lipinski definition) is 2. The summed E-state index contributed by atoms with van der Waals surface area (Å²) in [6.07, 6.45) is -0.214. The highest BCUT2D eigenvalue weighted by Crippen LogP contribution is 2.30. The average Bonchev–Trinajstić information content (AvgIpc) is 3.11. The zero-order chi connectivity index (χ0) is 24.3. The van der Waals surface area contributed by atoms with Crippen molar-refractivity contribution in [2.45, 2.75) is 39.7 Å². The monoisotopic (exact) mass is 469 g/mol. The predicted molar refractivity (Wildman–Crippen MR) is 127 cm³/mol. The lowest BCUT2D eigenvalue weighted by Crippen LogP contribution is -2.10. The Morgan fingerprint density at radius 2 is 1.73 bits per heavy atom. The second-order valence-corrected chi connectivity index (χ2v) is 9.02. The summed E-state index contributed by atoms with van der Waals surface area (Å²) in [6, 6.07) is 15.0. The largest absolute Gasteiger partial charge is 0.481 e. The van der Waals surface area contributed by atoms with Crippen LogP contribution in [0.1, 0.15) is 32.0 Å². The minimum atomic E-state index is -0.977. The maximum atomic E-state index is 13.4. The highest BCUT2D eigenvalue weighted by molar-refractivity contribution is 6.30. The first-order valence-electron chi connectivity index (χ1n) is 10.3. The van der Waals surface area contributed by atoms with Gasteiger partial charge in [0, 0.05) is 33.5 Å². The van der Waals surface area contributed by atoms with Crippen LogP contribution in [0.2, 0.25) is 5.02 Å². The fourth-order valence-corrected chi connectivity index (χ4v) is 3.40. The molecule has 6 nitrogen and oxygen atoms in total. The molecule has 0 unspecified atom stereocenters. The number of hydrogen-bond acceptors (Lipinski definition) is 4. The van der Waals surface area contributed by atoms with Crippen molar-refractivity contribution in [2.24, 2.45) is 0 Å². The molecule has 0 atom stereocenters. The Hall–Kier alpha value is -3.29. The van der Waals surface area contributed by atoms with Gasteiger partial charge in [-0.05, 0) is 64.1 Å². The lowest BCUT2D eigenvalue weighted by molar-refractivity contribution is -0.136. The number of carbonyl (C=O) groups is 1. The Bertz CT molecular complexity index is 1290. The van der Waals surface area contributed by atoms with Crippen molar-refractivity contribution in [1.82, 2.24) is 14.6 Å². The van der Waals surface area contributed by atoms with Gasteiger partial charge in [0.15, 0.2) is 5.65 Å². The highest BCUT2D eigenvalue weighted by Gasteiger charge is 2.19. The topological polar surface area (TPSA) is 87.7 Å². The fraction of sp³-hybridized carbons (Fsp3) is 0.240. The molecule has 2 heterocycles. The molecular formula is C25H25ClFN3O3. The van der Waals surface area contributed by atoms with Crippen LogP contribution in [0.15, 0.2) is 54.6 Å². The lowest BCUT2D eigenvalue weighted by atomic mass is 10.0. The molecule has 2 N–H and O–H groups in total. The van der Waals surface area contributed by atoms with Gasteiger partial charge in [-0.25, -0.2) is 13.9 Å². The number of carboxylic acids is 1. The molecule has 0 bridgehead atoms. The molecule has 0 spiro atoms. The van der Waals surface area contributed by atoms with Crippen LogP contribution in [0, 0.1) is 12.7 Å². The minimum Gasteiger partial charge on any atom is -0.481 e. The Morgan fingerprint density at radius 1 is 1.09 bits per heavy atom. The Morgan fingerprint density at radius 3 is 2.30 bits per heavy atom. The van der Waals surface area contributed by atoms with E-state index in [1.165, 1.54) is 12.1 Å². The summed E-state index contributed by atoms with van der Waals surface area (Å²) >= 11 is 6.09. The Kier molecular flexibility index (Phi) is 7.15. The van der Waals surface area contributed by atoms with Gasteiger partial charge in [-0.15, -0.1) is 0 Å². The van der Waals surface area contributed by atoms with Crippen LogP contribution >= 0.6 is 11.6 Å². The van der Waals surface area contributed by atoms with E-state index in [0.717, 1.165) is 5.56 Å². The van der Waals surface area contributed by atoms with E-state index >= 15 is 0 Å². The van der Waals surface area contributed by atoms with Gasteiger partial charge in [0.05, 0.1) is 23.4 Å². The van der Waals surface area contributed by atoms with E-state index < -0.39 is 11.6 Å². The molecule has 0 saturated carbocycles. The normalized spacial score (nSPS) is 11.2. The smallest absolute Gasteiger partial charge is 0.307 e. The number of fused-ring (bicyclic) bond motifs is 1. The molecule has 0 radical (unpaired) electrons. The van der Waals surface area contributed by atoms with Crippen molar-refractivity contribution in [3.8, 4) is 22.5 Å². The third-order valence-electron chi connectivity index (χ3n) is 4.47. The van der Waals surface area contributed by atoms with Gasteiger partial charge in [-0.1, -0.05) is 23.7 Å². The molecule has 8 heteroatoms. The van der Waals surface area contributed by atoms with Crippen LogP contribution in [0.25, 0.3) is 28.2 Å². The Labute approximate surface area is 196 Å². The highest BCUT2D eigenvalue weighted by atomic mass is 35.5. The molecule has 2 aromatic carbocycles. The quantitative estimate of drug-likeness (QED) is 0.408. The number of rotatable bonds is 4. The fourth-order valence-electron chi connectivity index (χ4n) is 3.21. The molecular weight excluding hydrogens is 445 g/mol. The molecule has 0 fully saturated rings. The lowest BCUT2D eigenvalue weighted by Gasteiger charge is -2.13. The first-order valence-corrected chi connectivity index (χ1v) is 10.7. The summed E-state index contributed by atoms with van der Waals surface area (Å²) in [4.78, 5) is 16.0. The zero-order valence-electron chi connectivity index (χ0n) is 18.8. The maximum Gasteiger partial charge on any atom is 0.307 e. The molecule has 0 aliphatic heterocycles. The van der Waals surface area contributed by atoms with E-state index in [4.69, 9.17) is 16.7 Å². The van der Waals surface area contributed by atoms with Crippen molar-refractivity contribution in [2.75, 3.05) is 0 Å². The summed E-state index contributed by atoms with van der Waals surface area (Å²) in [5.41, 5.74) is 3.91. The van der Waals surface area contributed by atoms with Gasteiger partial charge in [0.1, 0.15) is 5.82 Å². The molecule has 4 aromatic rings.